The van der Waals surface area contributed by atoms with E-state index in [1.54, 1.807) is 0 Å². The molecular formula is C8H20N2O4S2. The van der Waals surface area contributed by atoms with Crippen LogP contribution in [0.5, 0.6) is 0 Å². The van der Waals surface area contributed by atoms with Crippen LogP contribution in [-0.2, 0) is 19.9 Å². The van der Waals surface area contributed by atoms with Gasteiger partial charge >= 0.3 is 0 Å². The summed E-state index contributed by atoms with van der Waals surface area (Å²) in [5.74, 6) is 0.347. The molecule has 3 N–H and O–H groups in total. The number of sulfonamides is 1. The number of nitrogens with one attached hydrogen (secondary N) is 1. The zero-order chi connectivity index (χ0) is 12.8. The molecule has 1 unspecified atom stereocenters. The summed E-state index contributed by atoms with van der Waals surface area (Å²) < 4.78 is 46.3. The van der Waals surface area contributed by atoms with E-state index in [1.807, 2.05) is 6.92 Å². The Balaban J connectivity index is 3.93. The first-order valence-corrected chi connectivity index (χ1v) is 8.72. The lowest BCUT2D eigenvalue weighted by Gasteiger charge is -2.08. The molecule has 1 atom stereocenters. The molecular weight excluding hydrogens is 252 g/mol. The molecule has 0 heterocycles. The Morgan fingerprint density at radius 2 is 1.81 bits per heavy atom. The molecule has 0 amide bonds. The zero-order valence-corrected chi connectivity index (χ0v) is 11.3. The summed E-state index contributed by atoms with van der Waals surface area (Å²) in [6.07, 6.45) is 2.36. The van der Waals surface area contributed by atoms with Crippen molar-refractivity contribution < 1.29 is 16.8 Å². The van der Waals surface area contributed by atoms with Crippen molar-refractivity contribution >= 4 is 19.9 Å². The highest BCUT2D eigenvalue weighted by atomic mass is 32.3. The van der Waals surface area contributed by atoms with Crippen molar-refractivity contribution in [3.63, 3.8) is 0 Å². The molecule has 0 rings (SSSR count). The highest BCUT2D eigenvalue weighted by Crippen LogP contribution is 2.02. The van der Waals surface area contributed by atoms with Gasteiger partial charge in [0, 0.05) is 12.8 Å². The first kappa shape index (κ1) is 15.8. The monoisotopic (exact) mass is 272 g/mol. The summed E-state index contributed by atoms with van der Waals surface area (Å²) in [5, 5.41) is -0.855. The van der Waals surface area contributed by atoms with Crippen LogP contribution >= 0.6 is 0 Å². The number of hydrogen-bond donors (Lipinski definition) is 2. The van der Waals surface area contributed by atoms with Crippen LogP contribution in [0.4, 0.5) is 0 Å². The Morgan fingerprint density at radius 3 is 2.25 bits per heavy atom. The van der Waals surface area contributed by atoms with Gasteiger partial charge in [-0.3, -0.25) is 0 Å². The van der Waals surface area contributed by atoms with E-state index in [0.717, 1.165) is 12.7 Å². The first-order valence-electron chi connectivity index (χ1n) is 5.01. The molecule has 0 aromatic rings. The molecule has 0 saturated carbocycles. The fourth-order valence-corrected chi connectivity index (χ4v) is 4.16. The lowest BCUT2D eigenvalue weighted by molar-refractivity contribution is 0.514. The normalized spacial score (nSPS) is 14.9. The van der Waals surface area contributed by atoms with E-state index < -0.39 is 24.9 Å². The van der Waals surface area contributed by atoms with Crippen LogP contribution in [0.2, 0.25) is 0 Å². The van der Waals surface area contributed by atoms with Crippen molar-refractivity contribution in [3.05, 3.63) is 0 Å². The van der Waals surface area contributed by atoms with Crippen LogP contribution in [0.15, 0.2) is 0 Å². The molecule has 98 valence electrons. The fraction of sp³-hybridized carbons (Fsp3) is 1.00. The second kappa shape index (κ2) is 6.53. The minimum atomic E-state index is -3.71. The van der Waals surface area contributed by atoms with Gasteiger partial charge in [-0.25, -0.2) is 21.6 Å². The minimum absolute atomic E-state index is 0.252. The lowest BCUT2D eigenvalue weighted by atomic mass is 10.1. The Labute approximate surface area is 97.6 Å². The Morgan fingerprint density at radius 1 is 1.25 bits per heavy atom. The lowest BCUT2D eigenvalue weighted by Crippen LogP contribution is -2.30. The molecule has 0 radical (unpaired) electrons. The molecule has 0 saturated heterocycles. The number of sulfone groups is 1. The number of rotatable bonds is 8. The van der Waals surface area contributed by atoms with E-state index in [4.69, 9.17) is 5.73 Å². The molecule has 0 aliphatic heterocycles. The van der Waals surface area contributed by atoms with Gasteiger partial charge in [0.2, 0.25) is 10.0 Å². The summed E-state index contributed by atoms with van der Waals surface area (Å²) in [4.78, 5) is 0. The summed E-state index contributed by atoms with van der Waals surface area (Å²) in [6.45, 7) is 2.79. The van der Waals surface area contributed by atoms with Crippen LogP contribution in [-0.4, -0.2) is 41.3 Å². The van der Waals surface area contributed by atoms with E-state index in [-0.39, 0.29) is 6.54 Å². The van der Waals surface area contributed by atoms with Gasteiger partial charge in [0.05, 0.1) is 0 Å². The maximum absolute atomic E-state index is 11.2. The minimum Gasteiger partial charge on any atom is -0.330 e. The molecule has 16 heavy (non-hydrogen) atoms. The van der Waals surface area contributed by atoms with Crippen molar-refractivity contribution in [2.75, 3.05) is 24.4 Å². The van der Waals surface area contributed by atoms with Crippen molar-refractivity contribution in [2.45, 2.75) is 19.8 Å². The smallest absolute Gasteiger partial charge is 0.226 e. The molecule has 0 aromatic carbocycles. The molecule has 6 nitrogen and oxygen atoms in total. The van der Waals surface area contributed by atoms with Crippen molar-refractivity contribution in [1.29, 1.82) is 0 Å². The van der Waals surface area contributed by atoms with Crippen LogP contribution < -0.4 is 10.5 Å². The van der Waals surface area contributed by atoms with Gasteiger partial charge in [-0.2, -0.15) is 0 Å². The third kappa shape index (κ3) is 9.08. The number of hydrogen-bond acceptors (Lipinski definition) is 5. The summed E-state index contributed by atoms with van der Waals surface area (Å²) in [6, 6.07) is 0. The van der Waals surface area contributed by atoms with Gasteiger partial charge in [-0.15, -0.1) is 0 Å². The predicted octanol–water partition coefficient (Wildman–Crippen LogP) is -0.717. The first-order chi connectivity index (χ1) is 7.16. The van der Waals surface area contributed by atoms with E-state index in [0.29, 0.717) is 18.9 Å². The second-order valence-corrected chi connectivity index (χ2v) is 8.35. The standard InChI is InChI=1S/C8H20N2O4S2/c1-8(6-9)4-3-5-10-16(13,14)7-15(2,11)12/h8,10H,3-7,9H2,1-2H3. The van der Waals surface area contributed by atoms with E-state index in [1.165, 1.54) is 0 Å². The molecule has 0 aliphatic rings. The maximum Gasteiger partial charge on any atom is 0.226 e. The van der Waals surface area contributed by atoms with Gasteiger partial charge in [0.1, 0.15) is 0 Å². The van der Waals surface area contributed by atoms with Gasteiger partial charge in [-0.1, -0.05) is 6.92 Å². The third-order valence-corrected chi connectivity index (χ3v) is 5.57. The van der Waals surface area contributed by atoms with Crippen molar-refractivity contribution in [2.24, 2.45) is 11.7 Å². The molecule has 0 aliphatic carbocycles. The van der Waals surface area contributed by atoms with Crippen LogP contribution in [0.25, 0.3) is 0 Å². The SMILES string of the molecule is CC(CN)CCCNS(=O)(=O)CS(C)(=O)=O. The molecule has 0 fully saturated rings. The Bertz CT molecular complexity index is 388. The average molecular weight is 272 g/mol. The van der Waals surface area contributed by atoms with E-state index >= 15 is 0 Å². The van der Waals surface area contributed by atoms with E-state index in [2.05, 4.69) is 4.72 Å². The third-order valence-electron chi connectivity index (χ3n) is 1.97. The van der Waals surface area contributed by atoms with Gasteiger partial charge < -0.3 is 5.73 Å². The predicted molar refractivity (Wildman–Crippen MR) is 64.1 cm³/mol. The largest absolute Gasteiger partial charge is 0.330 e. The summed E-state index contributed by atoms with van der Waals surface area (Å²) >= 11 is 0. The van der Waals surface area contributed by atoms with Crippen LogP contribution in [0, 0.1) is 5.92 Å². The van der Waals surface area contributed by atoms with Gasteiger partial charge in [0.15, 0.2) is 14.9 Å². The maximum atomic E-state index is 11.2. The summed E-state index contributed by atoms with van der Waals surface area (Å²) in [5.41, 5.74) is 5.41. The topological polar surface area (TPSA) is 106 Å². The van der Waals surface area contributed by atoms with Gasteiger partial charge in [-0.05, 0) is 25.3 Å². The van der Waals surface area contributed by atoms with Crippen LogP contribution in [0.1, 0.15) is 19.8 Å². The molecule has 0 spiro atoms. The second-order valence-electron chi connectivity index (χ2n) is 4.04. The Kier molecular flexibility index (Phi) is 6.46. The van der Waals surface area contributed by atoms with Crippen molar-refractivity contribution in [3.8, 4) is 0 Å². The highest BCUT2D eigenvalue weighted by molar-refractivity contribution is 8.06. The fourth-order valence-electron chi connectivity index (χ4n) is 1.12. The zero-order valence-electron chi connectivity index (χ0n) is 9.64. The molecule has 8 heteroatoms. The molecule has 0 bridgehead atoms. The average Bonchev–Trinajstić information content (AvgIpc) is 2.08. The quantitative estimate of drug-likeness (QED) is 0.567. The molecule has 0 aromatic heterocycles. The van der Waals surface area contributed by atoms with E-state index in [9.17, 15) is 16.8 Å². The van der Waals surface area contributed by atoms with Crippen LogP contribution in [0.3, 0.4) is 0 Å². The van der Waals surface area contributed by atoms with Gasteiger partial charge in [0.25, 0.3) is 0 Å². The highest BCUT2D eigenvalue weighted by Gasteiger charge is 2.17. The number of nitrogens with two attached hydrogens (primary N) is 1. The Hall–Kier alpha value is -0.180. The van der Waals surface area contributed by atoms with Crippen molar-refractivity contribution in [1.82, 2.24) is 4.72 Å². The summed E-state index contributed by atoms with van der Waals surface area (Å²) in [7, 11) is -7.22.